The number of H-pyrrole nitrogens is 1. The zero-order chi connectivity index (χ0) is 18.4. The fraction of sp³-hybridized carbons (Fsp3) is 0.368. The van der Waals surface area contributed by atoms with E-state index < -0.39 is 22.8 Å². The largest absolute Gasteiger partial charge is 0.506 e. The average molecular weight is 356 g/mol. The van der Waals surface area contributed by atoms with Crippen molar-refractivity contribution >= 4 is 11.7 Å². The molecule has 2 aromatic rings. The Labute approximate surface area is 149 Å². The van der Waals surface area contributed by atoms with E-state index in [-0.39, 0.29) is 12.5 Å². The monoisotopic (exact) mass is 356 g/mol. The summed E-state index contributed by atoms with van der Waals surface area (Å²) in [4.78, 5) is 28.5. The first-order valence-corrected chi connectivity index (χ1v) is 8.72. The molecule has 0 bridgehead atoms. The highest BCUT2D eigenvalue weighted by Crippen LogP contribution is 2.43. The van der Waals surface area contributed by atoms with Crippen LogP contribution in [0.15, 0.2) is 23.0 Å². The van der Waals surface area contributed by atoms with E-state index in [2.05, 4.69) is 9.88 Å². The first-order chi connectivity index (χ1) is 12.5. The van der Waals surface area contributed by atoms with Crippen molar-refractivity contribution < 1.29 is 19.7 Å². The second-order valence-corrected chi connectivity index (χ2v) is 6.86. The molecule has 0 amide bonds. The second kappa shape index (κ2) is 6.09. The molecule has 26 heavy (non-hydrogen) atoms. The summed E-state index contributed by atoms with van der Waals surface area (Å²) in [6.07, 6.45) is 2.33. The highest BCUT2D eigenvalue weighted by molar-refractivity contribution is 5.92. The van der Waals surface area contributed by atoms with Crippen molar-refractivity contribution in [2.24, 2.45) is 0 Å². The van der Waals surface area contributed by atoms with Crippen LogP contribution in [0.4, 0.5) is 5.69 Å². The van der Waals surface area contributed by atoms with E-state index in [1.54, 1.807) is 0 Å². The molecule has 3 heterocycles. The number of nitrogens with zero attached hydrogens (tertiary/aromatic N) is 1. The number of carbonyl (C=O) groups is 1. The number of carboxylic acids is 1. The lowest BCUT2D eigenvalue weighted by Gasteiger charge is -2.19. The van der Waals surface area contributed by atoms with Gasteiger partial charge >= 0.3 is 5.97 Å². The van der Waals surface area contributed by atoms with E-state index in [1.807, 2.05) is 25.1 Å². The highest BCUT2D eigenvalue weighted by atomic mass is 16.5. The second-order valence-electron chi connectivity index (χ2n) is 6.86. The lowest BCUT2D eigenvalue weighted by molar-refractivity contribution is 0.0691. The molecule has 0 aliphatic carbocycles. The van der Waals surface area contributed by atoms with Crippen molar-refractivity contribution in [3.05, 3.63) is 39.7 Å². The molecule has 1 aromatic heterocycles. The predicted octanol–water partition coefficient (Wildman–Crippen LogP) is 2.54. The summed E-state index contributed by atoms with van der Waals surface area (Å²) in [6, 6.07) is 5.77. The van der Waals surface area contributed by atoms with Gasteiger partial charge in [0.05, 0.1) is 12.3 Å². The summed E-state index contributed by atoms with van der Waals surface area (Å²) < 4.78 is 5.93. The quantitative estimate of drug-likeness (QED) is 0.764. The number of carboxylic acid groups (broad SMARTS) is 1. The number of benzene rings is 1. The van der Waals surface area contributed by atoms with Crippen LogP contribution in [-0.2, 0) is 0 Å². The summed E-state index contributed by atoms with van der Waals surface area (Å²) in [5.74, 6) is -1.59. The number of pyridine rings is 1. The summed E-state index contributed by atoms with van der Waals surface area (Å²) in [6.45, 7) is 4.12. The van der Waals surface area contributed by atoms with Gasteiger partial charge in [0.15, 0.2) is 5.56 Å². The summed E-state index contributed by atoms with van der Waals surface area (Å²) in [5.41, 5.74) is 1.08. The molecule has 3 N–H and O–H groups in total. The van der Waals surface area contributed by atoms with Crippen molar-refractivity contribution in [2.45, 2.75) is 25.7 Å². The molecule has 1 aromatic carbocycles. The van der Waals surface area contributed by atoms with Crippen LogP contribution < -0.4 is 15.2 Å². The molecule has 0 spiro atoms. The lowest BCUT2D eigenvalue weighted by Crippen LogP contribution is -2.21. The van der Waals surface area contributed by atoms with Gasteiger partial charge in [0.2, 0.25) is 0 Å². The van der Waals surface area contributed by atoms with E-state index in [1.165, 1.54) is 0 Å². The van der Waals surface area contributed by atoms with Gasteiger partial charge in [0.1, 0.15) is 11.5 Å². The Morgan fingerprint density at radius 1 is 1.31 bits per heavy atom. The molecule has 2 aliphatic rings. The third-order valence-electron chi connectivity index (χ3n) is 5.13. The van der Waals surface area contributed by atoms with Crippen LogP contribution in [0.2, 0.25) is 0 Å². The van der Waals surface area contributed by atoms with E-state index >= 15 is 0 Å². The zero-order valence-corrected chi connectivity index (χ0v) is 14.4. The van der Waals surface area contributed by atoms with E-state index in [0.29, 0.717) is 22.6 Å². The van der Waals surface area contributed by atoms with E-state index in [0.717, 1.165) is 31.6 Å². The van der Waals surface area contributed by atoms with Gasteiger partial charge in [0.25, 0.3) is 5.56 Å². The molecule has 4 rings (SSSR count). The molecular formula is C19H20N2O5. The van der Waals surface area contributed by atoms with Crippen LogP contribution in [0.5, 0.6) is 11.5 Å². The highest BCUT2D eigenvalue weighted by Gasteiger charge is 2.30. The van der Waals surface area contributed by atoms with Gasteiger partial charge in [0, 0.05) is 41.9 Å². The van der Waals surface area contributed by atoms with Crippen LogP contribution >= 0.6 is 0 Å². The predicted molar refractivity (Wildman–Crippen MR) is 96.5 cm³/mol. The minimum Gasteiger partial charge on any atom is -0.506 e. The molecule has 0 radical (unpaired) electrons. The number of aromatic amines is 1. The van der Waals surface area contributed by atoms with Gasteiger partial charge in [-0.1, -0.05) is 6.92 Å². The molecule has 7 nitrogen and oxygen atoms in total. The summed E-state index contributed by atoms with van der Waals surface area (Å²) in [7, 11) is 0. The minimum absolute atomic E-state index is 0.275. The van der Waals surface area contributed by atoms with Crippen molar-refractivity contribution in [2.75, 3.05) is 24.6 Å². The van der Waals surface area contributed by atoms with Gasteiger partial charge in [-0.05, 0) is 25.0 Å². The first kappa shape index (κ1) is 16.5. The van der Waals surface area contributed by atoms with Crippen LogP contribution in [-0.4, -0.2) is 40.9 Å². The number of nitrogens with one attached hydrogen (secondary N) is 1. The van der Waals surface area contributed by atoms with Crippen LogP contribution in [0.3, 0.4) is 0 Å². The van der Waals surface area contributed by atoms with Crippen molar-refractivity contribution in [3.8, 4) is 22.8 Å². The SMILES string of the molecule is CC1COc2cc(N3CCCC3)ccc2-c2[nH]c(=O)c(C(=O)O)c(O)c21. The maximum atomic E-state index is 12.2. The first-order valence-electron chi connectivity index (χ1n) is 8.72. The molecule has 136 valence electrons. The Kier molecular flexibility index (Phi) is 3.86. The van der Waals surface area contributed by atoms with Gasteiger partial charge < -0.3 is 24.8 Å². The average Bonchev–Trinajstić information content (AvgIpc) is 3.09. The molecular weight excluding hydrogens is 336 g/mol. The molecule has 1 unspecified atom stereocenters. The summed E-state index contributed by atoms with van der Waals surface area (Å²) >= 11 is 0. The van der Waals surface area contributed by atoms with Gasteiger partial charge in [-0.15, -0.1) is 0 Å². The molecule has 2 aliphatic heterocycles. The fourth-order valence-electron chi connectivity index (χ4n) is 3.80. The number of anilines is 1. The van der Waals surface area contributed by atoms with Crippen molar-refractivity contribution in [3.63, 3.8) is 0 Å². The van der Waals surface area contributed by atoms with Gasteiger partial charge in [-0.3, -0.25) is 4.79 Å². The summed E-state index contributed by atoms with van der Waals surface area (Å²) in [5, 5.41) is 19.7. The number of aromatic nitrogens is 1. The van der Waals surface area contributed by atoms with E-state index in [9.17, 15) is 19.8 Å². The number of rotatable bonds is 2. The number of aromatic carboxylic acids is 1. The Bertz CT molecular complexity index is 944. The molecule has 1 atom stereocenters. The number of ether oxygens (including phenoxy) is 1. The zero-order valence-electron chi connectivity index (χ0n) is 14.4. The number of fused-ring (bicyclic) bond motifs is 3. The minimum atomic E-state index is -1.45. The maximum absolute atomic E-state index is 12.2. The Balaban J connectivity index is 1.90. The number of hydrogen-bond donors (Lipinski definition) is 3. The Morgan fingerprint density at radius 2 is 2.04 bits per heavy atom. The van der Waals surface area contributed by atoms with Crippen molar-refractivity contribution in [1.82, 2.24) is 4.98 Å². The fourth-order valence-corrected chi connectivity index (χ4v) is 3.80. The van der Waals surface area contributed by atoms with Crippen LogP contribution in [0, 0.1) is 0 Å². The lowest BCUT2D eigenvalue weighted by atomic mass is 9.94. The maximum Gasteiger partial charge on any atom is 0.345 e. The van der Waals surface area contributed by atoms with Gasteiger partial charge in [-0.25, -0.2) is 4.79 Å². The Hall–Kier alpha value is -2.96. The number of hydrogen-bond acceptors (Lipinski definition) is 5. The Morgan fingerprint density at radius 3 is 2.73 bits per heavy atom. The van der Waals surface area contributed by atoms with E-state index in [4.69, 9.17) is 4.74 Å². The van der Waals surface area contributed by atoms with Crippen LogP contribution in [0.25, 0.3) is 11.3 Å². The smallest absolute Gasteiger partial charge is 0.345 e. The standard InChI is InChI=1S/C19H20N2O5/c1-10-9-26-13-8-11(21-6-2-3-7-21)4-5-12(13)16-14(10)17(22)15(19(24)25)18(23)20-16/h4-5,8,10H,2-3,6-7,9H2,1H3,(H,24,25)(H2,20,22,23). The third-order valence-corrected chi connectivity index (χ3v) is 5.13. The molecule has 1 fully saturated rings. The van der Waals surface area contributed by atoms with Gasteiger partial charge in [-0.2, -0.15) is 0 Å². The number of aromatic hydroxyl groups is 1. The third kappa shape index (κ3) is 2.51. The van der Waals surface area contributed by atoms with Crippen LogP contribution in [0.1, 0.15) is 41.6 Å². The normalized spacial score (nSPS) is 18.7. The molecule has 1 saturated heterocycles. The molecule has 0 saturated carbocycles. The topological polar surface area (TPSA) is 103 Å². The molecule has 7 heteroatoms. The van der Waals surface area contributed by atoms with Crippen molar-refractivity contribution in [1.29, 1.82) is 0 Å².